The molecule has 0 aromatic rings. The summed E-state index contributed by atoms with van der Waals surface area (Å²) >= 11 is 3.97. The van der Waals surface area contributed by atoms with Gasteiger partial charge >= 0.3 is 0 Å². The Kier molecular flexibility index (Phi) is 7.55. The Labute approximate surface area is 86.3 Å². The molecule has 2 atom stereocenters. The second kappa shape index (κ2) is 7.14. The van der Waals surface area contributed by atoms with Crippen molar-refractivity contribution in [2.24, 2.45) is 5.92 Å². The van der Waals surface area contributed by atoms with Gasteiger partial charge in [-0.05, 0) is 25.0 Å². The lowest BCUT2D eigenvalue weighted by atomic mass is 10.3. The summed E-state index contributed by atoms with van der Waals surface area (Å²) in [7, 11) is 0. The fourth-order valence-electron chi connectivity index (χ4n) is 0.694. The predicted molar refractivity (Wildman–Crippen MR) is 63.8 cm³/mol. The fourth-order valence-corrected chi connectivity index (χ4v) is 3.12. The van der Waals surface area contributed by atoms with E-state index in [1.807, 2.05) is 23.5 Å². The Morgan fingerprint density at radius 3 is 2.25 bits per heavy atom. The quantitative estimate of drug-likeness (QED) is 0.600. The Hall–Kier alpha value is 0.700. The van der Waals surface area contributed by atoms with Gasteiger partial charge in [0.1, 0.15) is 0 Å². The van der Waals surface area contributed by atoms with Gasteiger partial charge in [0.25, 0.3) is 0 Å². The first kappa shape index (κ1) is 12.7. The molecule has 0 aliphatic heterocycles. The molecule has 73 valence electrons. The maximum Gasteiger partial charge on any atom is 0.0506 e. The van der Waals surface area contributed by atoms with Gasteiger partial charge in [-0.15, -0.1) is 23.5 Å². The first-order valence-electron chi connectivity index (χ1n) is 4.66. The van der Waals surface area contributed by atoms with Crippen LogP contribution in [0.15, 0.2) is 0 Å². The third-order valence-corrected chi connectivity index (χ3v) is 4.65. The van der Waals surface area contributed by atoms with E-state index in [-0.39, 0.29) is 0 Å². The van der Waals surface area contributed by atoms with Crippen LogP contribution in [0.4, 0.5) is 0 Å². The van der Waals surface area contributed by atoms with E-state index in [9.17, 15) is 0 Å². The van der Waals surface area contributed by atoms with Crippen LogP contribution in [0.2, 0.25) is 0 Å². The first-order valence-corrected chi connectivity index (χ1v) is 6.65. The fraction of sp³-hybridized carbons (Fsp3) is 0.900. The van der Waals surface area contributed by atoms with Gasteiger partial charge in [0.15, 0.2) is 0 Å². The third-order valence-electron chi connectivity index (χ3n) is 1.57. The molecule has 0 fully saturated rings. The van der Waals surface area contributed by atoms with E-state index in [1.54, 1.807) is 0 Å². The highest BCUT2D eigenvalue weighted by Crippen LogP contribution is 2.29. The number of hydrogen-bond acceptors (Lipinski definition) is 2. The minimum absolute atomic E-state index is 0.516. The van der Waals surface area contributed by atoms with Crippen molar-refractivity contribution in [1.29, 1.82) is 0 Å². The van der Waals surface area contributed by atoms with Crippen LogP contribution in [0.1, 0.15) is 34.1 Å². The summed E-state index contributed by atoms with van der Waals surface area (Å²) in [6, 6.07) is 0. The molecule has 0 amide bonds. The normalized spacial score (nSPS) is 16.5. The molecule has 0 aromatic heterocycles. The van der Waals surface area contributed by atoms with E-state index in [1.165, 1.54) is 12.2 Å². The van der Waals surface area contributed by atoms with Crippen molar-refractivity contribution in [1.82, 2.24) is 0 Å². The number of thioether (sulfide) groups is 2. The van der Waals surface area contributed by atoms with Crippen molar-refractivity contribution < 1.29 is 0 Å². The summed E-state index contributed by atoms with van der Waals surface area (Å²) in [6.07, 6.45) is 1.25. The van der Waals surface area contributed by atoms with E-state index in [0.717, 1.165) is 11.2 Å². The van der Waals surface area contributed by atoms with Gasteiger partial charge < -0.3 is 0 Å². The Bertz CT molecular complexity index is 102. The Balaban J connectivity index is 3.39. The van der Waals surface area contributed by atoms with Crippen molar-refractivity contribution in [3.63, 3.8) is 0 Å². The van der Waals surface area contributed by atoms with Gasteiger partial charge in [0.05, 0.1) is 4.58 Å². The minimum atomic E-state index is 0.516. The van der Waals surface area contributed by atoms with Gasteiger partial charge in [0, 0.05) is 5.25 Å². The van der Waals surface area contributed by atoms with Gasteiger partial charge in [-0.25, -0.2) is 0 Å². The van der Waals surface area contributed by atoms with Gasteiger partial charge in [-0.3, -0.25) is 0 Å². The van der Waals surface area contributed by atoms with Crippen molar-refractivity contribution in [2.75, 3.05) is 5.75 Å². The van der Waals surface area contributed by atoms with E-state index >= 15 is 0 Å². The van der Waals surface area contributed by atoms with Crippen molar-refractivity contribution in [3.8, 4) is 0 Å². The lowest BCUT2D eigenvalue weighted by molar-refractivity contribution is 0.750. The van der Waals surface area contributed by atoms with Crippen LogP contribution in [0.5, 0.6) is 0 Å². The summed E-state index contributed by atoms with van der Waals surface area (Å²) in [6.45, 7) is 13.1. The highest BCUT2D eigenvalue weighted by Gasteiger charge is 2.08. The maximum atomic E-state index is 4.12. The number of rotatable bonds is 6. The molecule has 0 aromatic carbocycles. The number of hydrogen-bond donors (Lipinski definition) is 0. The molecule has 0 rings (SSSR count). The lowest BCUT2D eigenvalue weighted by Crippen LogP contribution is -2.03. The average molecular weight is 205 g/mol. The second-order valence-corrected chi connectivity index (χ2v) is 6.69. The summed E-state index contributed by atoms with van der Waals surface area (Å²) in [5.74, 6) is 2.02. The summed E-state index contributed by atoms with van der Waals surface area (Å²) < 4.78 is 0.516. The molecule has 0 aliphatic carbocycles. The minimum Gasteiger partial charge on any atom is -0.147 e. The highest BCUT2D eigenvalue weighted by atomic mass is 32.2. The smallest absolute Gasteiger partial charge is 0.0506 e. The molecular formula is C10H21S2. The highest BCUT2D eigenvalue weighted by molar-refractivity contribution is 8.17. The zero-order valence-electron chi connectivity index (χ0n) is 8.67. The second-order valence-electron chi connectivity index (χ2n) is 3.51. The molecule has 0 spiro atoms. The molecule has 0 N–H and O–H groups in total. The molecule has 1 radical (unpaired) electrons. The van der Waals surface area contributed by atoms with Crippen molar-refractivity contribution in [3.05, 3.63) is 6.92 Å². The van der Waals surface area contributed by atoms with Crippen LogP contribution in [-0.4, -0.2) is 15.6 Å². The van der Waals surface area contributed by atoms with Gasteiger partial charge in [-0.1, -0.05) is 27.7 Å². The zero-order chi connectivity index (χ0) is 9.56. The van der Waals surface area contributed by atoms with Gasteiger partial charge in [-0.2, -0.15) is 0 Å². The molecule has 12 heavy (non-hydrogen) atoms. The molecule has 0 saturated heterocycles. The Morgan fingerprint density at radius 1 is 1.25 bits per heavy atom. The van der Waals surface area contributed by atoms with Crippen LogP contribution in [-0.2, 0) is 0 Å². The molecule has 0 bridgehead atoms. The van der Waals surface area contributed by atoms with Crippen molar-refractivity contribution >= 4 is 23.5 Å². The third kappa shape index (κ3) is 7.35. The molecule has 2 unspecified atom stereocenters. The van der Waals surface area contributed by atoms with Crippen LogP contribution < -0.4 is 0 Å². The van der Waals surface area contributed by atoms with E-state index in [2.05, 4.69) is 34.6 Å². The molecule has 0 aliphatic rings. The van der Waals surface area contributed by atoms with Crippen LogP contribution in [0.3, 0.4) is 0 Å². The van der Waals surface area contributed by atoms with E-state index in [4.69, 9.17) is 0 Å². The Morgan fingerprint density at radius 2 is 1.83 bits per heavy atom. The first-order chi connectivity index (χ1) is 5.56. The molecule has 0 saturated carbocycles. The van der Waals surface area contributed by atoms with Crippen LogP contribution in [0, 0.1) is 12.8 Å². The molecule has 2 heteroatoms. The SMILES string of the molecule is [CH2]C(SCC(C)C)SC(C)CC. The maximum absolute atomic E-state index is 4.12. The van der Waals surface area contributed by atoms with Crippen LogP contribution in [0.25, 0.3) is 0 Å². The topological polar surface area (TPSA) is 0 Å². The molecule has 0 nitrogen and oxygen atoms in total. The summed E-state index contributed by atoms with van der Waals surface area (Å²) in [4.78, 5) is 0. The molecular weight excluding hydrogens is 184 g/mol. The summed E-state index contributed by atoms with van der Waals surface area (Å²) in [5.41, 5.74) is 0. The van der Waals surface area contributed by atoms with Gasteiger partial charge in [0.2, 0.25) is 0 Å². The summed E-state index contributed by atoms with van der Waals surface area (Å²) in [5, 5.41) is 0.757. The molecule has 0 heterocycles. The zero-order valence-corrected chi connectivity index (χ0v) is 10.3. The van der Waals surface area contributed by atoms with Crippen LogP contribution >= 0.6 is 23.5 Å². The monoisotopic (exact) mass is 205 g/mol. The standard InChI is InChI=1S/C10H21S2/c1-6-9(4)12-10(5)11-7-8(2)3/h8-10H,5-7H2,1-4H3. The van der Waals surface area contributed by atoms with E-state index < -0.39 is 0 Å². The predicted octanol–water partition coefficient (Wildman–Crippen LogP) is 4.07. The van der Waals surface area contributed by atoms with E-state index in [0.29, 0.717) is 4.58 Å². The lowest BCUT2D eigenvalue weighted by Gasteiger charge is -2.16. The van der Waals surface area contributed by atoms with Crippen molar-refractivity contribution in [2.45, 2.75) is 43.9 Å². The largest absolute Gasteiger partial charge is 0.147 e. The average Bonchev–Trinajstić information content (AvgIpc) is 2.00.